The lowest BCUT2D eigenvalue weighted by atomic mass is 9.96. The van der Waals surface area contributed by atoms with Crippen LogP contribution in [0.15, 0.2) is 42.5 Å². The van der Waals surface area contributed by atoms with Crippen molar-refractivity contribution in [2.45, 2.75) is 32.2 Å². The molecule has 0 fully saturated rings. The van der Waals surface area contributed by atoms with Crippen LogP contribution in [-0.2, 0) is 6.42 Å². The van der Waals surface area contributed by atoms with Crippen LogP contribution in [0.25, 0.3) is 0 Å². The van der Waals surface area contributed by atoms with Crippen molar-refractivity contribution in [3.05, 3.63) is 67.7 Å². The minimum atomic E-state index is 0.0596. The molecular weight excluding hydrogens is 395 g/mol. The van der Waals surface area contributed by atoms with E-state index < -0.39 is 0 Å². The van der Waals surface area contributed by atoms with E-state index in [9.17, 15) is 0 Å². The zero-order valence-electron chi connectivity index (χ0n) is 12.2. The monoisotopic (exact) mass is 414 g/mol. The van der Waals surface area contributed by atoms with Gasteiger partial charge >= 0.3 is 0 Å². The van der Waals surface area contributed by atoms with Crippen molar-refractivity contribution in [1.82, 2.24) is 5.43 Å². The van der Waals surface area contributed by atoms with E-state index >= 15 is 0 Å². The zero-order valence-corrected chi connectivity index (χ0v) is 15.1. The highest BCUT2D eigenvalue weighted by Crippen LogP contribution is 2.25. The second kappa shape index (κ2) is 7.58. The zero-order chi connectivity index (χ0) is 15.4. The Hall–Kier alpha value is -0.620. The number of benzene rings is 2. The van der Waals surface area contributed by atoms with Crippen molar-refractivity contribution in [1.29, 1.82) is 0 Å². The molecule has 112 valence electrons. The van der Waals surface area contributed by atoms with E-state index in [1.165, 1.54) is 11.1 Å². The number of hydrazine groups is 1. The Bertz CT molecular complexity index is 596. The first kappa shape index (κ1) is 16.7. The highest BCUT2D eigenvalue weighted by Gasteiger charge is 2.12. The first-order chi connectivity index (χ1) is 10.0. The number of hydrogen-bond donors (Lipinski definition) is 2. The van der Waals surface area contributed by atoms with Crippen LogP contribution in [0.4, 0.5) is 0 Å². The fourth-order valence-corrected chi connectivity index (χ4v) is 2.80. The third-order valence-corrected chi connectivity index (χ3v) is 5.21. The van der Waals surface area contributed by atoms with E-state index in [0.29, 0.717) is 5.92 Å². The summed E-state index contributed by atoms with van der Waals surface area (Å²) in [6, 6.07) is 14.9. The summed E-state index contributed by atoms with van der Waals surface area (Å²) >= 11 is 8.42. The van der Waals surface area contributed by atoms with Crippen molar-refractivity contribution in [3.63, 3.8) is 0 Å². The van der Waals surface area contributed by atoms with E-state index in [1.54, 1.807) is 0 Å². The van der Waals surface area contributed by atoms with E-state index in [0.717, 1.165) is 20.6 Å². The summed E-state index contributed by atoms with van der Waals surface area (Å²) in [6.07, 6.45) is 0.839. The molecule has 1 unspecified atom stereocenters. The topological polar surface area (TPSA) is 38.0 Å². The summed E-state index contributed by atoms with van der Waals surface area (Å²) in [7, 11) is 0. The Morgan fingerprint density at radius 2 is 1.71 bits per heavy atom. The van der Waals surface area contributed by atoms with Gasteiger partial charge in [0.25, 0.3) is 0 Å². The molecule has 3 N–H and O–H groups in total. The number of nitrogens with one attached hydrogen (secondary N) is 1. The van der Waals surface area contributed by atoms with Gasteiger partial charge in [-0.1, -0.05) is 55.8 Å². The van der Waals surface area contributed by atoms with E-state index in [1.807, 2.05) is 12.1 Å². The smallest absolute Gasteiger partial charge is 0.0542 e. The lowest BCUT2D eigenvalue weighted by Gasteiger charge is -2.17. The molecule has 1 atom stereocenters. The van der Waals surface area contributed by atoms with Crippen molar-refractivity contribution >= 4 is 34.2 Å². The van der Waals surface area contributed by atoms with Gasteiger partial charge in [-0.2, -0.15) is 0 Å². The Balaban J connectivity index is 2.16. The molecule has 0 bridgehead atoms. The number of nitrogens with two attached hydrogens (primary N) is 1. The molecule has 0 saturated carbocycles. The maximum absolute atomic E-state index is 6.20. The molecule has 0 heterocycles. The van der Waals surface area contributed by atoms with Gasteiger partial charge in [0, 0.05) is 3.57 Å². The predicted molar refractivity (Wildman–Crippen MR) is 98.5 cm³/mol. The molecule has 0 aliphatic carbocycles. The largest absolute Gasteiger partial charge is 0.271 e. The molecule has 0 aromatic heterocycles. The van der Waals surface area contributed by atoms with Gasteiger partial charge in [-0.05, 0) is 63.8 Å². The van der Waals surface area contributed by atoms with Crippen LogP contribution in [-0.4, -0.2) is 0 Å². The Labute approximate surface area is 145 Å². The molecule has 0 amide bonds. The summed E-state index contributed by atoms with van der Waals surface area (Å²) in [5.41, 5.74) is 6.61. The van der Waals surface area contributed by atoms with Crippen LogP contribution >= 0.6 is 34.2 Å². The van der Waals surface area contributed by atoms with E-state index in [2.05, 4.69) is 72.2 Å². The number of halogens is 2. The molecule has 2 aromatic rings. The van der Waals surface area contributed by atoms with Crippen LogP contribution in [0.2, 0.25) is 5.02 Å². The normalized spacial score (nSPS) is 12.7. The highest BCUT2D eigenvalue weighted by atomic mass is 127. The van der Waals surface area contributed by atoms with Gasteiger partial charge in [-0.15, -0.1) is 0 Å². The molecule has 2 rings (SSSR count). The minimum Gasteiger partial charge on any atom is -0.271 e. The summed E-state index contributed by atoms with van der Waals surface area (Å²) in [5, 5.41) is 0.767. The van der Waals surface area contributed by atoms with Crippen molar-refractivity contribution in [2.75, 3.05) is 0 Å². The number of hydrogen-bond acceptors (Lipinski definition) is 2. The first-order valence-corrected chi connectivity index (χ1v) is 8.47. The van der Waals surface area contributed by atoms with Crippen LogP contribution in [0, 0.1) is 3.57 Å². The lowest BCUT2D eigenvalue weighted by molar-refractivity contribution is 0.552. The summed E-state index contributed by atoms with van der Waals surface area (Å²) in [6.45, 7) is 4.40. The Morgan fingerprint density at radius 1 is 1.10 bits per heavy atom. The van der Waals surface area contributed by atoms with Crippen LogP contribution in [0.1, 0.15) is 42.5 Å². The molecule has 0 saturated heterocycles. The highest BCUT2D eigenvalue weighted by molar-refractivity contribution is 14.1. The fourth-order valence-electron chi connectivity index (χ4n) is 2.28. The molecule has 2 aromatic carbocycles. The van der Waals surface area contributed by atoms with Crippen LogP contribution < -0.4 is 11.3 Å². The average molecular weight is 415 g/mol. The van der Waals surface area contributed by atoms with Gasteiger partial charge in [0.2, 0.25) is 0 Å². The van der Waals surface area contributed by atoms with Crippen molar-refractivity contribution in [2.24, 2.45) is 5.84 Å². The summed E-state index contributed by atoms with van der Waals surface area (Å²) < 4.78 is 1.05. The Kier molecular flexibility index (Phi) is 6.05. The average Bonchev–Trinajstić information content (AvgIpc) is 2.48. The third-order valence-electron chi connectivity index (χ3n) is 3.63. The van der Waals surface area contributed by atoms with Gasteiger partial charge in [-0.25, -0.2) is 0 Å². The SMILES string of the molecule is CC(C)c1ccc(CC(NN)c2ccc(I)c(Cl)c2)cc1. The molecular formula is C17H20ClIN2. The Morgan fingerprint density at radius 3 is 2.24 bits per heavy atom. The minimum absolute atomic E-state index is 0.0596. The molecule has 4 heteroatoms. The lowest BCUT2D eigenvalue weighted by Crippen LogP contribution is -2.29. The van der Waals surface area contributed by atoms with E-state index in [4.69, 9.17) is 17.4 Å². The van der Waals surface area contributed by atoms with Crippen molar-refractivity contribution in [3.8, 4) is 0 Å². The molecule has 0 aliphatic heterocycles. The molecule has 21 heavy (non-hydrogen) atoms. The second-order valence-electron chi connectivity index (χ2n) is 5.49. The fraction of sp³-hybridized carbons (Fsp3) is 0.294. The maximum Gasteiger partial charge on any atom is 0.0542 e. The van der Waals surface area contributed by atoms with Gasteiger partial charge < -0.3 is 0 Å². The quantitative estimate of drug-likeness (QED) is 0.418. The summed E-state index contributed by atoms with van der Waals surface area (Å²) in [4.78, 5) is 0. The van der Waals surface area contributed by atoms with Gasteiger partial charge in [0.05, 0.1) is 11.1 Å². The standard InChI is InChI=1S/C17H20ClIN2/c1-11(2)13-5-3-12(4-6-13)9-17(21-20)14-7-8-16(19)15(18)10-14/h3-8,10-11,17,21H,9,20H2,1-2H3. The third kappa shape index (κ3) is 4.42. The first-order valence-electron chi connectivity index (χ1n) is 7.01. The summed E-state index contributed by atoms with van der Waals surface area (Å²) in [5.74, 6) is 6.28. The molecule has 0 spiro atoms. The maximum atomic E-state index is 6.20. The van der Waals surface area contributed by atoms with Crippen LogP contribution in [0.5, 0.6) is 0 Å². The molecule has 0 radical (unpaired) electrons. The molecule has 2 nitrogen and oxygen atoms in total. The van der Waals surface area contributed by atoms with Gasteiger partial charge in [0.15, 0.2) is 0 Å². The molecule has 0 aliphatic rings. The van der Waals surface area contributed by atoms with Crippen molar-refractivity contribution < 1.29 is 0 Å². The van der Waals surface area contributed by atoms with E-state index in [-0.39, 0.29) is 6.04 Å². The van der Waals surface area contributed by atoms with Gasteiger partial charge in [0.1, 0.15) is 0 Å². The predicted octanol–water partition coefficient (Wildman–Crippen LogP) is 4.82. The second-order valence-corrected chi connectivity index (χ2v) is 7.06. The van der Waals surface area contributed by atoms with Crippen LogP contribution in [0.3, 0.4) is 0 Å². The van der Waals surface area contributed by atoms with Gasteiger partial charge in [-0.3, -0.25) is 11.3 Å². The number of rotatable bonds is 5.